The Morgan fingerprint density at radius 3 is 2.96 bits per heavy atom. The predicted molar refractivity (Wildman–Crippen MR) is 106 cm³/mol. The molecule has 3 aromatic heterocycles. The molecule has 9 heteroatoms. The van der Waals surface area contributed by atoms with Crippen LogP contribution in [0.4, 0.5) is 0 Å². The zero-order chi connectivity index (χ0) is 18.6. The number of aromatic nitrogens is 5. The number of thiazole rings is 1. The molecule has 7 nitrogen and oxygen atoms in total. The van der Waals surface area contributed by atoms with Gasteiger partial charge in [-0.05, 0) is 31.2 Å². The van der Waals surface area contributed by atoms with E-state index in [1.165, 1.54) is 0 Å². The van der Waals surface area contributed by atoms with Gasteiger partial charge in [0.25, 0.3) is 5.78 Å². The number of hydrogen-bond donors (Lipinski definition) is 0. The van der Waals surface area contributed by atoms with Gasteiger partial charge in [-0.15, -0.1) is 16.4 Å². The van der Waals surface area contributed by atoms with Gasteiger partial charge < -0.3 is 9.47 Å². The molecule has 3 heterocycles. The van der Waals surface area contributed by atoms with Crippen molar-refractivity contribution >= 4 is 28.9 Å². The van der Waals surface area contributed by atoms with E-state index in [9.17, 15) is 0 Å². The van der Waals surface area contributed by atoms with Crippen LogP contribution in [0.1, 0.15) is 12.6 Å². The van der Waals surface area contributed by atoms with Crippen molar-refractivity contribution in [1.82, 2.24) is 24.6 Å². The first-order valence-electron chi connectivity index (χ1n) is 8.32. The maximum Gasteiger partial charge on any atom is 0.253 e. The van der Waals surface area contributed by atoms with Crippen molar-refractivity contribution < 1.29 is 9.47 Å². The lowest BCUT2D eigenvalue weighted by atomic mass is 10.2. The lowest BCUT2D eigenvalue weighted by molar-refractivity contribution is 0.311. The summed E-state index contributed by atoms with van der Waals surface area (Å²) in [6.07, 6.45) is 3.54. The van der Waals surface area contributed by atoms with Gasteiger partial charge in [0.05, 0.1) is 19.4 Å². The molecule has 0 aliphatic heterocycles. The summed E-state index contributed by atoms with van der Waals surface area (Å²) in [5.41, 5.74) is 1.99. The summed E-state index contributed by atoms with van der Waals surface area (Å²) in [6, 6.07) is 7.70. The molecule has 27 heavy (non-hydrogen) atoms. The molecule has 4 aromatic rings. The molecule has 4 rings (SSSR count). The molecule has 0 saturated carbocycles. The standard InChI is InChI=1S/C18H17N5O2S2/c1-3-25-14-6-5-12(9-15(14)24-2)16-20-13(10-26-16)11-27-18-21-17-19-7-4-8-23(17)22-18/h4-10H,3,11H2,1-2H3. The lowest BCUT2D eigenvalue weighted by Crippen LogP contribution is -1.95. The van der Waals surface area contributed by atoms with Gasteiger partial charge in [0.2, 0.25) is 5.16 Å². The molecule has 0 amide bonds. The van der Waals surface area contributed by atoms with E-state index in [0.29, 0.717) is 29.0 Å². The minimum Gasteiger partial charge on any atom is -0.493 e. The molecule has 0 aliphatic carbocycles. The number of ether oxygens (including phenoxy) is 2. The highest BCUT2D eigenvalue weighted by Crippen LogP contribution is 2.34. The van der Waals surface area contributed by atoms with E-state index in [1.54, 1.807) is 40.9 Å². The summed E-state index contributed by atoms with van der Waals surface area (Å²) in [5.74, 6) is 2.74. The first kappa shape index (κ1) is 17.7. The molecule has 0 fully saturated rings. The van der Waals surface area contributed by atoms with Gasteiger partial charge >= 0.3 is 0 Å². The quantitative estimate of drug-likeness (QED) is 0.436. The predicted octanol–water partition coefficient (Wildman–Crippen LogP) is 3.95. The molecule has 0 atom stereocenters. The highest BCUT2D eigenvalue weighted by molar-refractivity contribution is 7.98. The van der Waals surface area contributed by atoms with E-state index in [0.717, 1.165) is 22.0 Å². The topological polar surface area (TPSA) is 74.4 Å². The van der Waals surface area contributed by atoms with Crippen molar-refractivity contribution in [2.45, 2.75) is 17.8 Å². The van der Waals surface area contributed by atoms with Gasteiger partial charge in [-0.3, -0.25) is 0 Å². The fourth-order valence-corrected chi connectivity index (χ4v) is 4.13. The Labute approximate surface area is 164 Å². The number of nitrogens with zero attached hydrogens (tertiary/aromatic N) is 5. The Balaban J connectivity index is 1.48. The van der Waals surface area contributed by atoms with Crippen molar-refractivity contribution in [3.8, 4) is 22.1 Å². The average molecular weight is 400 g/mol. The van der Waals surface area contributed by atoms with E-state index in [1.807, 2.05) is 37.4 Å². The molecule has 0 bridgehead atoms. The molecule has 0 unspecified atom stereocenters. The molecular weight excluding hydrogens is 382 g/mol. The van der Waals surface area contributed by atoms with Crippen molar-refractivity contribution in [1.29, 1.82) is 0 Å². The van der Waals surface area contributed by atoms with Gasteiger partial charge in [-0.25, -0.2) is 14.5 Å². The largest absolute Gasteiger partial charge is 0.493 e. The number of benzene rings is 1. The lowest BCUT2D eigenvalue weighted by Gasteiger charge is -2.09. The summed E-state index contributed by atoms with van der Waals surface area (Å²) in [5, 5.41) is 8.08. The molecule has 0 N–H and O–H groups in total. The fourth-order valence-electron chi connectivity index (χ4n) is 2.49. The van der Waals surface area contributed by atoms with E-state index in [4.69, 9.17) is 14.5 Å². The molecule has 0 spiro atoms. The normalized spacial score (nSPS) is 11.0. The van der Waals surface area contributed by atoms with Crippen LogP contribution < -0.4 is 9.47 Å². The van der Waals surface area contributed by atoms with E-state index in [-0.39, 0.29) is 0 Å². The van der Waals surface area contributed by atoms with Crippen LogP contribution in [0, 0.1) is 0 Å². The summed E-state index contributed by atoms with van der Waals surface area (Å²) < 4.78 is 12.7. The minimum atomic E-state index is 0.598. The first-order valence-corrected chi connectivity index (χ1v) is 10.2. The van der Waals surface area contributed by atoms with E-state index < -0.39 is 0 Å². The number of hydrogen-bond acceptors (Lipinski definition) is 8. The zero-order valence-corrected chi connectivity index (χ0v) is 16.5. The van der Waals surface area contributed by atoms with Crippen molar-refractivity contribution in [3.05, 3.63) is 47.7 Å². The minimum absolute atomic E-state index is 0.598. The second kappa shape index (κ2) is 7.93. The Kier molecular flexibility index (Phi) is 5.21. The molecule has 138 valence electrons. The second-order valence-corrected chi connectivity index (χ2v) is 7.29. The number of rotatable bonds is 7. The molecule has 0 saturated heterocycles. The third kappa shape index (κ3) is 3.88. The van der Waals surface area contributed by atoms with Crippen LogP contribution in [-0.2, 0) is 5.75 Å². The highest BCUT2D eigenvalue weighted by Gasteiger charge is 2.11. The maximum atomic E-state index is 5.57. The summed E-state index contributed by atoms with van der Waals surface area (Å²) in [7, 11) is 1.64. The smallest absolute Gasteiger partial charge is 0.253 e. The monoisotopic (exact) mass is 399 g/mol. The molecule has 0 radical (unpaired) electrons. The molecular formula is C18H17N5O2S2. The Morgan fingerprint density at radius 2 is 2.15 bits per heavy atom. The van der Waals surface area contributed by atoms with Crippen LogP contribution in [0.2, 0.25) is 0 Å². The fraction of sp³-hybridized carbons (Fsp3) is 0.222. The van der Waals surface area contributed by atoms with Crippen LogP contribution in [0.3, 0.4) is 0 Å². The van der Waals surface area contributed by atoms with E-state index in [2.05, 4.69) is 20.4 Å². The van der Waals surface area contributed by atoms with E-state index >= 15 is 0 Å². The summed E-state index contributed by atoms with van der Waals surface area (Å²) in [4.78, 5) is 13.3. The van der Waals surface area contributed by atoms with Crippen LogP contribution in [0.15, 0.2) is 47.2 Å². The Hall–Kier alpha value is -2.65. The number of thioether (sulfide) groups is 1. The van der Waals surface area contributed by atoms with Crippen molar-refractivity contribution in [2.24, 2.45) is 0 Å². The Bertz CT molecular complexity index is 1030. The van der Waals surface area contributed by atoms with Gasteiger partial charge in [-0.1, -0.05) is 11.8 Å². The first-order chi connectivity index (χ1) is 13.3. The van der Waals surface area contributed by atoms with Crippen LogP contribution in [0.25, 0.3) is 16.3 Å². The van der Waals surface area contributed by atoms with Crippen molar-refractivity contribution in [3.63, 3.8) is 0 Å². The summed E-state index contributed by atoms with van der Waals surface area (Å²) in [6.45, 7) is 2.55. The van der Waals surface area contributed by atoms with Gasteiger partial charge in [0.15, 0.2) is 11.5 Å². The van der Waals surface area contributed by atoms with Gasteiger partial charge in [0, 0.05) is 29.1 Å². The Morgan fingerprint density at radius 1 is 1.22 bits per heavy atom. The summed E-state index contributed by atoms with van der Waals surface area (Å²) >= 11 is 3.14. The SMILES string of the molecule is CCOc1ccc(-c2nc(CSc3nc4ncccn4n3)cs2)cc1OC. The third-order valence-electron chi connectivity index (χ3n) is 3.71. The molecule has 0 aliphatic rings. The zero-order valence-electron chi connectivity index (χ0n) is 14.8. The highest BCUT2D eigenvalue weighted by atomic mass is 32.2. The van der Waals surface area contributed by atoms with Crippen LogP contribution in [0.5, 0.6) is 11.5 Å². The van der Waals surface area contributed by atoms with Crippen molar-refractivity contribution in [2.75, 3.05) is 13.7 Å². The number of methoxy groups -OCH3 is 1. The maximum absolute atomic E-state index is 5.57. The third-order valence-corrected chi connectivity index (χ3v) is 5.52. The van der Waals surface area contributed by atoms with Crippen LogP contribution >= 0.6 is 23.1 Å². The van der Waals surface area contributed by atoms with Gasteiger partial charge in [0.1, 0.15) is 5.01 Å². The average Bonchev–Trinajstić information content (AvgIpc) is 3.33. The van der Waals surface area contributed by atoms with Gasteiger partial charge in [-0.2, -0.15) is 4.98 Å². The van der Waals surface area contributed by atoms with Crippen LogP contribution in [-0.4, -0.2) is 38.3 Å². The molecule has 1 aromatic carbocycles. The second-order valence-electron chi connectivity index (χ2n) is 5.49. The number of fused-ring (bicyclic) bond motifs is 1.